The fourth-order valence-corrected chi connectivity index (χ4v) is 5.34. The third kappa shape index (κ3) is 7.63. The predicted molar refractivity (Wildman–Crippen MR) is 140 cm³/mol. The van der Waals surface area contributed by atoms with E-state index in [1.165, 1.54) is 93.7 Å². The van der Waals surface area contributed by atoms with Gasteiger partial charge in [-0.1, -0.05) is 95.5 Å². The van der Waals surface area contributed by atoms with Crippen molar-refractivity contribution in [3.63, 3.8) is 0 Å². The highest BCUT2D eigenvalue weighted by atomic mass is 16.5. The zero-order chi connectivity index (χ0) is 23.3. The smallest absolute Gasteiger partial charge is 0.137 e. The van der Waals surface area contributed by atoms with Crippen LogP contribution >= 0.6 is 0 Å². The monoisotopic (exact) mass is 445 g/mol. The molecule has 0 spiro atoms. The SMILES string of the molecule is CCCCCCCOc1cc(C2CCC(CCCCC)CC2)c(-c2ccccc2)cc1C#N. The Morgan fingerprint density at radius 2 is 1.55 bits per heavy atom. The van der Waals surface area contributed by atoms with Crippen LogP contribution in [0.4, 0.5) is 0 Å². The van der Waals surface area contributed by atoms with Gasteiger partial charge in [0.05, 0.1) is 12.2 Å². The van der Waals surface area contributed by atoms with Crippen LogP contribution in [0.3, 0.4) is 0 Å². The van der Waals surface area contributed by atoms with E-state index in [0.717, 1.165) is 18.1 Å². The molecular formula is C31H43NO. The standard InChI is InChI=1S/C31H43NO/c1-3-5-7-8-13-21-33-31-23-30(27-19-17-25(18-20-27)14-10-6-4-2)29(22-28(31)24-32)26-15-11-9-12-16-26/h9,11-12,15-16,22-23,25,27H,3-8,10,13-14,17-21H2,1-2H3. The van der Waals surface area contributed by atoms with E-state index < -0.39 is 0 Å². The molecule has 1 saturated carbocycles. The zero-order valence-corrected chi connectivity index (χ0v) is 21.0. The van der Waals surface area contributed by atoms with Crippen molar-refractivity contribution in [3.05, 3.63) is 53.6 Å². The first-order valence-corrected chi connectivity index (χ1v) is 13.5. The molecule has 0 bridgehead atoms. The van der Waals surface area contributed by atoms with Crippen LogP contribution in [0.15, 0.2) is 42.5 Å². The van der Waals surface area contributed by atoms with Gasteiger partial charge in [-0.05, 0) is 72.8 Å². The van der Waals surface area contributed by atoms with Gasteiger partial charge in [0, 0.05) is 0 Å². The van der Waals surface area contributed by atoms with E-state index in [4.69, 9.17) is 4.74 Å². The molecule has 0 radical (unpaired) electrons. The van der Waals surface area contributed by atoms with Gasteiger partial charge in [-0.2, -0.15) is 5.26 Å². The fourth-order valence-electron chi connectivity index (χ4n) is 5.34. The molecular weight excluding hydrogens is 402 g/mol. The third-order valence-corrected chi connectivity index (χ3v) is 7.36. The number of rotatable bonds is 13. The number of benzene rings is 2. The molecule has 1 aliphatic carbocycles. The van der Waals surface area contributed by atoms with Crippen molar-refractivity contribution < 1.29 is 4.74 Å². The maximum atomic E-state index is 9.87. The molecule has 33 heavy (non-hydrogen) atoms. The number of hydrogen-bond donors (Lipinski definition) is 0. The summed E-state index contributed by atoms with van der Waals surface area (Å²) < 4.78 is 6.19. The molecule has 2 aromatic carbocycles. The molecule has 0 atom stereocenters. The van der Waals surface area contributed by atoms with Gasteiger partial charge in [-0.3, -0.25) is 0 Å². The minimum Gasteiger partial charge on any atom is -0.492 e. The number of ether oxygens (including phenoxy) is 1. The van der Waals surface area contributed by atoms with Gasteiger partial charge in [0.1, 0.15) is 11.8 Å². The van der Waals surface area contributed by atoms with E-state index in [2.05, 4.69) is 62.4 Å². The first kappa shape index (κ1) is 25.4. The normalized spacial score (nSPS) is 18.1. The van der Waals surface area contributed by atoms with Gasteiger partial charge in [-0.25, -0.2) is 0 Å². The van der Waals surface area contributed by atoms with E-state index in [9.17, 15) is 5.26 Å². The summed E-state index contributed by atoms with van der Waals surface area (Å²) in [7, 11) is 0. The molecule has 1 fully saturated rings. The second-order valence-electron chi connectivity index (χ2n) is 9.89. The molecule has 0 unspecified atom stereocenters. The number of nitrogens with zero attached hydrogens (tertiary/aromatic N) is 1. The topological polar surface area (TPSA) is 33.0 Å². The Morgan fingerprint density at radius 3 is 2.24 bits per heavy atom. The summed E-state index contributed by atoms with van der Waals surface area (Å²) in [5, 5.41) is 9.87. The molecule has 1 aliphatic rings. The largest absolute Gasteiger partial charge is 0.492 e. The minimum atomic E-state index is 0.558. The van der Waals surface area contributed by atoms with Crippen LogP contribution in [0.25, 0.3) is 11.1 Å². The third-order valence-electron chi connectivity index (χ3n) is 7.36. The second-order valence-corrected chi connectivity index (χ2v) is 9.89. The Hall–Kier alpha value is -2.27. The lowest BCUT2D eigenvalue weighted by Gasteiger charge is -2.30. The van der Waals surface area contributed by atoms with Crippen LogP contribution < -0.4 is 4.74 Å². The number of nitriles is 1. The Kier molecular flexibility index (Phi) is 10.8. The molecule has 0 amide bonds. The van der Waals surface area contributed by atoms with Crippen molar-refractivity contribution in [3.8, 4) is 22.9 Å². The zero-order valence-electron chi connectivity index (χ0n) is 21.0. The van der Waals surface area contributed by atoms with Gasteiger partial charge < -0.3 is 4.74 Å². The highest BCUT2D eigenvalue weighted by Gasteiger charge is 2.25. The Labute approximate surface area is 202 Å². The molecule has 3 rings (SSSR count). The lowest BCUT2D eigenvalue weighted by Crippen LogP contribution is -2.14. The molecule has 2 aromatic rings. The summed E-state index contributed by atoms with van der Waals surface area (Å²) >= 11 is 0. The van der Waals surface area contributed by atoms with Gasteiger partial charge in [0.15, 0.2) is 0 Å². The van der Waals surface area contributed by atoms with E-state index in [0.29, 0.717) is 18.1 Å². The van der Waals surface area contributed by atoms with Crippen LogP contribution in [-0.2, 0) is 0 Å². The molecule has 2 heteroatoms. The lowest BCUT2D eigenvalue weighted by atomic mass is 9.75. The summed E-state index contributed by atoms with van der Waals surface area (Å²) in [6.07, 6.45) is 16.7. The van der Waals surface area contributed by atoms with Crippen LogP contribution in [0.5, 0.6) is 5.75 Å². The van der Waals surface area contributed by atoms with Crippen molar-refractivity contribution in [2.45, 2.75) is 103 Å². The van der Waals surface area contributed by atoms with Gasteiger partial charge in [-0.15, -0.1) is 0 Å². The summed E-state index contributed by atoms with van der Waals surface area (Å²) in [5.74, 6) is 2.24. The first-order valence-electron chi connectivity index (χ1n) is 13.5. The Balaban J connectivity index is 1.77. The summed E-state index contributed by atoms with van der Waals surface area (Å²) in [4.78, 5) is 0. The van der Waals surface area contributed by atoms with Gasteiger partial charge in [0.2, 0.25) is 0 Å². The molecule has 2 nitrogen and oxygen atoms in total. The quantitative estimate of drug-likeness (QED) is 0.288. The minimum absolute atomic E-state index is 0.558. The van der Waals surface area contributed by atoms with Crippen LogP contribution in [0.2, 0.25) is 0 Å². The average molecular weight is 446 g/mol. The van der Waals surface area contributed by atoms with E-state index >= 15 is 0 Å². The van der Waals surface area contributed by atoms with Crippen molar-refractivity contribution in [1.82, 2.24) is 0 Å². The highest BCUT2D eigenvalue weighted by Crippen LogP contribution is 2.43. The van der Waals surface area contributed by atoms with Crippen molar-refractivity contribution in [1.29, 1.82) is 5.26 Å². The Morgan fingerprint density at radius 1 is 0.848 bits per heavy atom. The summed E-state index contributed by atoms with van der Waals surface area (Å²) in [6.45, 7) is 5.23. The molecule has 0 heterocycles. The van der Waals surface area contributed by atoms with E-state index in [1.807, 2.05) is 0 Å². The average Bonchev–Trinajstić information content (AvgIpc) is 2.87. The van der Waals surface area contributed by atoms with Crippen molar-refractivity contribution in [2.75, 3.05) is 6.61 Å². The van der Waals surface area contributed by atoms with E-state index in [-0.39, 0.29) is 0 Å². The molecule has 178 valence electrons. The highest BCUT2D eigenvalue weighted by molar-refractivity contribution is 5.72. The number of unbranched alkanes of at least 4 members (excludes halogenated alkanes) is 6. The van der Waals surface area contributed by atoms with Crippen LogP contribution in [0, 0.1) is 17.2 Å². The molecule has 0 saturated heterocycles. The molecule has 0 aliphatic heterocycles. The van der Waals surface area contributed by atoms with Gasteiger partial charge in [0.25, 0.3) is 0 Å². The first-order chi connectivity index (χ1) is 16.3. The maximum absolute atomic E-state index is 9.87. The van der Waals surface area contributed by atoms with Gasteiger partial charge >= 0.3 is 0 Å². The molecule has 0 aromatic heterocycles. The lowest BCUT2D eigenvalue weighted by molar-refractivity contribution is 0.296. The maximum Gasteiger partial charge on any atom is 0.137 e. The molecule has 0 N–H and O–H groups in total. The Bertz CT molecular complexity index is 858. The second kappa shape index (κ2) is 14.1. The van der Waals surface area contributed by atoms with Crippen LogP contribution in [0.1, 0.15) is 114 Å². The van der Waals surface area contributed by atoms with Crippen molar-refractivity contribution in [2.24, 2.45) is 5.92 Å². The van der Waals surface area contributed by atoms with Crippen LogP contribution in [-0.4, -0.2) is 6.61 Å². The van der Waals surface area contributed by atoms with Crippen molar-refractivity contribution >= 4 is 0 Å². The van der Waals surface area contributed by atoms with E-state index in [1.54, 1.807) is 0 Å². The summed E-state index contributed by atoms with van der Waals surface area (Å²) in [5.41, 5.74) is 4.48. The predicted octanol–water partition coefficient (Wildman–Crippen LogP) is 9.43. The summed E-state index contributed by atoms with van der Waals surface area (Å²) in [6, 6.07) is 17.3. The number of hydrogen-bond acceptors (Lipinski definition) is 2. The fraction of sp³-hybridized carbons (Fsp3) is 0.581.